The Hall–Kier alpha value is -1.66. The summed E-state index contributed by atoms with van der Waals surface area (Å²) < 4.78 is 26.2. The van der Waals surface area contributed by atoms with Crippen molar-refractivity contribution in [2.45, 2.75) is 24.7 Å². The minimum absolute atomic E-state index is 0.116. The molecular formula is C13H17NO4S. The first-order chi connectivity index (χ1) is 8.95. The van der Waals surface area contributed by atoms with Crippen molar-refractivity contribution in [1.29, 1.82) is 0 Å². The molecule has 0 bridgehead atoms. The molecule has 0 heterocycles. The lowest BCUT2D eigenvalue weighted by molar-refractivity contribution is -0.136. The van der Waals surface area contributed by atoms with Gasteiger partial charge in [-0.1, -0.05) is 24.3 Å². The van der Waals surface area contributed by atoms with Gasteiger partial charge in [0.05, 0.1) is 11.3 Å². The molecule has 1 rings (SSSR count). The molecule has 0 aliphatic rings. The number of nitrogens with one attached hydrogen (secondary N) is 1. The molecular weight excluding hydrogens is 266 g/mol. The molecule has 0 atom stereocenters. The molecule has 1 aromatic carbocycles. The summed E-state index contributed by atoms with van der Waals surface area (Å²) in [5.74, 6) is -0.944. The second-order valence-corrected chi connectivity index (χ2v) is 5.74. The monoisotopic (exact) mass is 283 g/mol. The van der Waals surface area contributed by atoms with E-state index in [1.165, 1.54) is 24.3 Å². The first-order valence-electron chi connectivity index (χ1n) is 5.87. The quantitative estimate of drug-likeness (QED) is 0.587. The topological polar surface area (TPSA) is 83.5 Å². The van der Waals surface area contributed by atoms with Gasteiger partial charge in [-0.25, -0.2) is 13.1 Å². The molecule has 6 heteroatoms. The van der Waals surface area contributed by atoms with Gasteiger partial charge in [-0.3, -0.25) is 4.79 Å². The number of hydrogen-bond donors (Lipinski definition) is 2. The third-order valence-electron chi connectivity index (χ3n) is 2.43. The summed E-state index contributed by atoms with van der Waals surface area (Å²) in [5, 5.41) is 8.63. The number of carboxylic acid groups (broad SMARTS) is 1. The van der Waals surface area contributed by atoms with Gasteiger partial charge in [0.25, 0.3) is 0 Å². The summed E-state index contributed by atoms with van der Waals surface area (Å²) in [5.41, 5.74) is 0.570. The molecule has 0 aromatic heterocycles. The van der Waals surface area contributed by atoms with E-state index in [0.717, 1.165) is 0 Å². The Bertz CT molecular complexity index is 547. The lowest BCUT2D eigenvalue weighted by Gasteiger charge is -2.06. The van der Waals surface area contributed by atoms with Crippen LogP contribution in [0.5, 0.6) is 0 Å². The van der Waals surface area contributed by atoms with Crippen LogP contribution in [0.4, 0.5) is 0 Å². The molecule has 104 valence electrons. The van der Waals surface area contributed by atoms with Crippen molar-refractivity contribution >= 4 is 16.0 Å². The number of aliphatic carboxylic acids is 1. The maximum absolute atomic E-state index is 11.9. The third-order valence-corrected chi connectivity index (χ3v) is 3.90. The number of benzene rings is 1. The largest absolute Gasteiger partial charge is 0.481 e. The van der Waals surface area contributed by atoms with E-state index in [9.17, 15) is 13.2 Å². The summed E-state index contributed by atoms with van der Waals surface area (Å²) >= 11 is 0. The highest BCUT2D eigenvalue weighted by molar-refractivity contribution is 7.89. The summed E-state index contributed by atoms with van der Waals surface area (Å²) in [6.45, 7) is 2.21. The van der Waals surface area contributed by atoms with E-state index in [1.54, 1.807) is 0 Å². The number of allylic oxidation sites excluding steroid dienone is 1. The molecule has 0 fully saturated rings. The van der Waals surface area contributed by atoms with Gasteiger partial charge >= 0.3 is 5.97 Å². The number of carbonyl (C=O) groups is 1. The van der Waals surface area contributed by atoms with Crippen LogP contribution in [0.2, 0.25) is 0 Å². The predicted molar refractivity (Wildman–Crippen MR) is 72.4 cm³/mol. The summed E-state index contributed by atoms with van der Waals surface area (Å²) in [6.07, 6.45) is 4.25. The van der Waals surface area contributed by atoms with Gasteiger partial charge in [0.2, 0.25) is 10.0 Å². The van der Waals surface area contributed by atoms with Gasteiger partial charge in [-0.15, -0.1) is 0 Å². The van der Waals surface area contributed by atoms with Crippen LogP contribution in [0.25, 0.3) is 0 Å². The van der Waals surface area contributed by atoms with Gasteiger partial charge in [-0.05, 0) is 31.0 Å². The SMILES string of the molecule is C/C=C/CCNS(=O)(=O)c1ccc(CC(=O)O)cc1. The van der Waals surface area contributed by atoms with Crippen molar-refractivity contribution in [3.05, 3.63) is 42.0 Å². The summed E-state index contributed by atoms with van der Waals surface area (Å²) in [4.78, 5) is 10.7. The zero-order valence-electron chi connectivity index (χ0n) is 10.7. The van der Waals surface area contributed by atoms with Gasteiger partial charge in [0, 0.05) is 6.54 Å². The Balaban J connectivity index is 2.70. The molecule has 0 unspecified atom stereocenters. The van der Waals surface area contributed by atoms with Gasteiger partial charge in [-0.2, -0.15) is 0 Å². The molecule has 19 heavy (non-hydrogen) atoms. The Morgan fingerprint density at radius 1 is 1.32 bits per heavy atom. The zero-order chi connectivity index (χ0) is 14.3. The molecule has 0 spiro atoms. The highest BCUT2D eigenvalue weighted by Gasteiger charge is 2.12. The average Bonchev–Trinajstić information content (AvgIpc) is 2.35. The minimum Gasteiger partial charge on any atom is -0.481 e. The molecule has 0 aliphatic heterocycles. The smallest absolute Gasteiger partial charge is 0.307 e. The Morgan fingerprint density at radius 2 is 1.95 bits per heavy atom. The molecule has 2 N–H and O–H groups in total. The average molecular weight is 283 g/mol. The second kappa shape index (κ2) is 7.06. The van der Waals surface area contributed by atoms with Crippen molar-refractivity contribution in [1.82, 2.24) is 4.72 Å². The molecule has 0 radical (unpaired) electrons. The van der Waals surface area contributed by atoms with Crippen LogP contribution >= 0.6 is 0 Å². The van der Waals surface area contributed by atoms with Crippen molar-refractivity contribution in [2.75, 3.05) is 6.54 Å². The first-order valence-corrected chi connectivity index (χ1v) is 7.35. The van der Waals surface area contributed by atoms with Crippen LogP contribution in [0.3, 0.4) is 0 Å². The maximum atomic E-state index is 11.9. The zero-order valence-corrected chi connectivity index (χ0v) is 11.5. The maximum Gasteiger partial charge on any atom is 0.307 e. The lowest BCUT2D eigenvalue weighted by atomic mass is 10.2. The molecule has 1 aromatic rings. The highest BCUT2D eigenvalue weighted by Crippen LogP contribution is 2.11. The van der Waals surface area contributed by atoms with E-state index in [-0.39, 0.29) is 11.3 Å². The minimum atomic E-state index is -3.52. The number of sulfonamides is 1. The van der Waals surface area contributed by atoms with Crippen molar-refractivity contribution < 1.29 is 18.3 Å². The Morgan fingerprint density at radius 3 is 2.47 bits per heavy atom. The molecule has 0 amide bonds. The van der Waals surface area contributed by atoms with E-state index < -0.39 is 16.0 Å². The Kier molecular flexibility index (Phi) is 5.72. The fourth-order valence-electron chi connectivity index (χ4n) is 1.49. The van der Waals surface area contributed by atoms with Crippen molar-refractivity contribution in [3.8, 4) is 0 Å². The second-order valence-electron chi connectivity index (χ2n) is 3.97. The van der Waals surface area contributed by atoms with Crippen LogP contribution in [0.15, 0.2) is 41.3 Å². The summed E-state index contributed by atoms with van der Waals surface area (Å²) in [7, 11) is -3.52. The van der Waals surface area contributed by atoms with Crippen LogP contribution < -0.4 is 4.72 Å². The molecule has 0 saturated heterocycles. The fourth-order valence-corrected chi connectivity index (χ4v) is 2.54. The van der Waals surface area contributed by atoms with E-state index in [1.807, 2.05) is 19.1 Å². The number of rotatable bonds is 7. The van der Waals surface area contributed by atoms with Crippen molar-refractivity contribution in [3.63, 3.8) is 0 Å². The Labute approximate surface area is 113 Å². The van der Waals surface area contributed by atoms with E-state index >= 15 is 0 Å². The van der Waals surface area contributed by atoms with E-state index in [4.69, 9.17) is 5.11 Å². The third kappa shape index (κ3) is 5.23. The van der Waals surface area contributed by atoms with Gasteiger partial charge in [0.15, 0.2) is 0 Å². The van der Waals surface area contributed by atoms with Gasteiger partial charge < -0.3 is 5.11 Å². The summed E-state index contributed by atoms with van der Waals surface area (Å²) in [6, 6.07) is 5.84. The van der Waals surface area contributed by atoms with Crippen LogP contribution in [-0.4, -0.2) is 26.0 Å². The van der Waals surface area contributed by atoms with Crippen LogP contribution in [0, 0.1) is 0 Å². The molecule has 5 nitrogen and oxygen atoms in total. The van der Waals surface area contributed by atoms with Crippen LogP contribution in [0.1, 0.15) is 18.9 Å². The predicted octanol–water partition coefficient (Wildman–Crippen LogP) is 1.56. The fraction of sp³-hybridized carbons (Fsp3) is 0.308. The standard InChI is InChI=1S/C13H17NO4S/c1-2-3-4-9-14-19(17,18)12-7-5-11(6-8-12)10-13(15)16/h2-3,5-8,14H,4,9-10H2,1H3,(H,15,16)/b3-2+. The normalized spacial score (nSPS) is 11.8. The van der Waals surface area contributed by atoms with Gasteiger partial charge in [0.1, 0.15) is 0 Å². The number of hydrogen-bond acceptors (Lipinski definition) is 3. The molecule has 0 saturated carbocycles. The highest BCUT2D eigenvalue weighted by atomic mass is 32.2. The number of carboxylic acids is 1. The first kappa shape index (κ1) is 15.4. The van der Waals surface area contributed by atoms with Crippen molar-refractivity contribution in [2.24, 2.45) is 0 Å². The van der Waals surface area contributed by atoms with Crippen LogP contribution in [-0.2, 0) is 21.2 Å². The van der Waals surface area contributed by atoms with E-state index in [2.05, 4.69) is 4.72 Å². The lowest BCUT2D eigenvalue weighted by Crippen LogP contribution is -2.24. The molecule has 0 aliphatic carbocycles. The van der Waals surface area contributed by atoms with E-state index in [0.29, 0.717) is 18.5 Å².